The molecule has 0 spiro atoms. The lowest BCUT2D eigenvalue weighted by Crippen LogP contribution is -2.17. The highest BCUT2D eigenvalue weighted by Gasteiger charge is 2.39. The number of hydrogen-bond acceptors (Lipinski definition) is 4. The van der Waals surface area contributed by atoms with Crippen LogP contribution < -0.4 is 14.4 Å². The van der Waals surface area contributed by atoms with Crippen LogP contribution in [0, 0.1) is 0 Å². The fourth-order valence-electron chi connectivity index (χ4n) is 9.85. The van der Waals surface area contributed by atoms with Gasteiger partial charge in [-0.2, -0.15) is 0 Å². The fourth-order valence-corrected chi connectivity index (χ4v) is 9.85. The largest absolute Gasteiger partial charge is 0.486 e. The van der Waals surface area contributed by atoms with E-state index in [1.807, 2.05) is 6.07 Å². The minimum absolute atomic E-state index is 0.271. The van der Waals surface area contributed by atoms with Gasteiger partial charge in [-0.25, -0.2) is 0 Å². The Morgan fingerprint density at radius 3 is 2.03 bits per heavy atom. The number of anilines is 3. The molecule has 298 valence electrons. The number of furan rings is 1. The van der Waals surface area contributed by atoms with Gasteiger partial charge in [0.25, 0.3) is 0 Å². The van der Waals surface area contributed by atoms with Crippen LogP contribution in [0.5, 0.6) is 11.5 Å². The van der Waals surface area contributed by atoms with Crippen molar-refractivity contribution in [2.75, 3.05) is 18.1 Å². The summed E-state index contributed by atoms with van der Waals surface area (Å²) < 4.78 is 22.0. The van der Waals surface area contributed by atoms with Crippen LogP contribution in [0.15, 0.2) is 199 Å². The third-order valence-electron chi connectivity index (χ3n) is 12.8. The molecular formula is C57H42N2O3. The number of hydrogen-bond donors (Lipinski definition) is 0. The topological polar surface area (TPSA) is 39.8 Å². The van der Waals surface area contributed by atoms with Gasteiger partial charge < -0.3 is 18.5 Å². The number of fused-ring (bicyclic) bond motifs is 7. The number of benzene rings is 8. The van der Waals surface area contributed by atoms with Crippen molar-refractivity contribution in [2.45, 2.75) is 19.3 Å². The predicted molar refractivity (Wildman–Crippen MR) is 253 cm³/mol. The van der Waals surface area contributed by atoms with E-state index in [2.05, 4.69) is 211 Å². The summed E-state index contributed by atoms with van der Waals surface area (Å²) in [7, 11) is 0. The van der Waals surface area contributed by atoms with Gasteiger partial charge in [0.2, 0.25) is 5.88 Å². The molecule has 2 aliphatic rings. The summed E-state index contributed by atoms with van der Waals surface area (Å²) in [5.74, 6) is 3.05. The molecule has 0 radical (unpaired) electrons. The van der Waals surface area contributed by atoms with Crippen molar-refractivity contribution in [1.29, 1.82) is 0 Å². The number of aromatic nitrogens is 1. The van der Waals surface area contributed by atoms with Crippen LogP contribution in [0.2, 0.25) is 0 Å². The maximum atomic E-state index is 7.07. The zero-order chi connectivity index (χ0) is 41.4. The first-order chi connectivity index (χ1) is 30.5. The highest BCUT2D eigenvalue weighted by molar-refractivity contribution is 6.10. The smallest absolute Gasteiger partial charge is 0.205 e. The molecule has 0 bridgehead atoms. The Kier molecular flexibility index (Phi) is 8.26. The molecular weight excluding hydrogens is 761 g/mol. The minimum Gasteiger partial charge on any atom is -0.486 e. The Labute approximate surface area is 360 Å². The molecule has 8 aromatic carbocycles. The van der Waals surface area contributed by atoms with Crippen molar-refractivity contribution >= 4 is 39.1 Å². The molecule has 0 atom stereocenters. The molecule has 62 heavy (non-hydrogen) atoms. The van der Waals surface area contributed by atoms with Gasteiger partial charge >= 0.3 is 0 Å². The lowest BCUT2D eigenvalue weighted by atomic mass is 9.81. The van der Waals surface area contributed by atoms with Gasteiger partial charge in [0.1, 0.15) is 19.0 Å². The van der Waals surface area contributed by atoms with Gasteiger partial charge in [-0.05, 0) is 99.6 Å². The van der Waals surface area contributed by atoms with Crippen molar-refractivity contribution in [3.05, 3.63) is 205 Å². The molecule has 0 unspecified atom stereocenters. The van der Waals surface area contributed by atoms with Crippen molar-refractivity contribution < 1.29 is 13.9 Å². The van der Waals surface area contributed by atoms with E-state index in [0.29, 0.717) is 19.1 Å². The van der Waals surface area contributed by atoms with Gasteiger partial charge in [0.05, 0.1) is 16.7 Å². The van der Waals surface area contributed by atoms with Crippen LogP contribution in [0.4, 0.5) is 17.3 Å². The average Bonchev–Trinajstić information content (AvgIpc) is 4.01. The second kappa shape index (κ2) is 14.2. The molecule has 5 nitrogen and oxygen atoms in total. The number of ether oxygens (including phenoxy) is 2. The lowest BCUT2D eigenvalue weighted by molar-refractivity contribution is 0.172. The van der Waals surface area contributed by atoms with Gasteiger partial charge in [-0.1, -0.05) is 141 Å². The van der Waals surface area contributed by atoms with Crippen molar-refractivity contribution in [2.24, 2.45) is 0 Å². The number of nitrogens with zero attached hydrogens (tertiary/aromatic N) is 2. The van der Waals surface area contributed by atoms with E-state index in [0.717, 1.165) is 62.1 Å². The van der Waals surface area contributed by atoms with E-state index in [1.54, 1.807) is 0 Å². The first-order valence-corrected chi connectivity index (χ1v) is 21.3. The molecule has 3 heterocycles. The van der Waals surface area contributed by atoms with E-state index in [9.17, 15) is 0 Å². The molecule has 10 aromatic rings. The second-order valence-electron chi connectivity index (χ2n) is 16.7. The number of rotatable bonds is 7. The van der Waals surface area contributed by atoms with Gasteiger partial charge in [-0.3, -0.25) is 4.90 Å². The zero-order valence-corrected chi connectivity index (χ0v) is 34.5. The summed E-state index contributed by atoms with van der Waals surface area (Å²) in [6, 6.07) is 69.1. The van der Waals surface area contributed by atoms with Gasteiger partial charge in [-0.15, -0.1) is 0 Å². The van der Waals surface area contributed by atoms with Crippen molar-refractivity contribution in [3.8, 4) is 61.9 Å². The Morgan fingerprint density at radius 1 is 0.484 bits per heavy atom. The molecule has 0 saturated heterocycles. The van der Waals surface area contributed by atoms with Crippen LogP contribution in [0.1, 0.15) is 25.0 Å². The van der Waals surface area contributed by atoms with E-state index in [1.165, 1.54) is 44.1 Å². The first kappa shape index (κ1) is 36.1. The standard InChI is InChI=1S/C57H42N2O3/c1-57(2)48-21-11-9-19-46(48)55-47(45-20-13-23-53-56(45)61-33-32-60-53)35-42(36-49(55)57)58(41-27-24-38(25-28-41)37-14-5-3-6-15-37)54-31-30-52(62-54)39-26-29-44-43-18-10-12-22-50(43)59(51(44)34-39)40-16-7-4-8-17-40/h3-31,34-36H,32-33H2,1-2H3. The molecule has 0 N–H and O–H groups in total. The van der Waals surface area contributed by atoms with Crippen LogP contribution in [0.25, 0.3) is 72.2 Å². The van der Waals surface area contributed by atoms with Crippen molar-refractivity contribution in [3.63, 3.8) is 0 Å². The summed E-state index contributed by atoms with van der Waals surface area (Å²) >= 11 is 0. The highest BCUT2D eigenvalue weighted by atomic mass is 16.6. The zero-order valence-electron chi connectivity index (χ0n) is 34.5. The molecule has 0 saturated carbocycles. The Hall–Kier alpha value is -7.76. The van der Waals surface area contributed by atoms with E-state index in [-0.39, 0.29) is 5.41 Å². The molecule has 1 aliphatic heterocycles. The maximum Gasteiger partial charge on any atom is 0.205 e. The van der Waals surface area contributed by atoms with Crippen LogP contribution in [-0.4, -0.2) is 17.8 Å². The number of para-hydroxylation sites is 3. The quantitative estimate of drug-likeness (QED) is 0.161. The fraction of sp³-hybridized carbons (Fsp3) is 0.0877. The lowest BCUT2D eigenvalue weighted by Gasteiger charge is -2.28. The molecule has 2 aromatic heterocycles. The summed E-state index contributed by atoms with van der Waals surface area (Å²) in [4.78, 5) is 2.26. The monoisotopic (exact) mass is 802 g/mol. The minimum atomic E-state index is -0.271. The summed E-state index contributed by atoms with van der Waals surface area (Å²) in [6.45, 7) is 5.70. The summed E-state index contributed by atoms with van der Waals surface area (Å²) in [6.07, 6.45) is 0. The van der Waals surface area contributed by atoms with Crippen LogP contribution in [0.3, 0.4) is 0 Å². The third kappa shape index (κ3) is 5.69. The van der Waals surface area contributed by atoms with Crippen LogP contribution in [-0.2, 0) is 5.41 Å². The molecule has 0 fully saturated rings. The highest BCUT2D eigenvalue weighted by Crippen LogP contribution is 2.56. The maximum absolute atomic E-state index is 7.07. The molecule has 1 aliphatic carbocycles. The Balaban J connectivity index is 1.06. The molecule has 5 heteroatoms. The molecule has 0 amide bonds. The average molecular weight is 803 g/mol. The summed E-state index contributed by atoms with van der Waals surface area (Å²) in [5, 5.41) is 2.42. The third-order valence-corrected chi connectivity index (χ3v) is 12.8. The van der Waals surface area contributed by atoms with Crippen LogP contribution >= 0.6 is 0 Å². The molecule has 12 rings (SSSR count). The Bertz CT molecular complexity index is 3320. The predicted octanol–water partition coefficient (Wildman–Crippen LogP) is 14.9. The van der Waals surface area contributed by atoms with Gasteiger partial charge in [0, 0.05) is 44.8 Å². The normalized spacial score (nSPS) is 13.6. The first-order valence-electron chi connectivity index (χ1n) is 21.3. The van der Waals surface area contributed by atoms with E-state index in [4.69, 9.17) is 13.9 Å². The van der Waals surface area contributed by atoms with E-state index < -0.39 is 0 Å². The van der Waals surface area contributed by atoms with E-state index >= 15 is 0 Å². The summed E-state index contributed by atoms with van der Waals surface area (Å²) in [5.41, 5.74) is 15.6. The van der Waals surface area contributed by atoms with Crippen molar-refractivity contribution in [1.82, 2.24) is 4.57 Å². The SMILES string of the molecule is CC1(C)c2ccccc2-c2c(-c3cccc4c3OCCO4)cc(N(c3ccc(-c4ccccc4)cc3)c3ccc(-c4ccc5c6ccccc6n(-c6ccccc6)c5c4)o3)cc21. The van der Waals surface area contributed by atoms with Gasteiger partial charge in [0.15, 0.2) is 11.5 Å². The Morgan fingerprint density at radius 2 is 1.18 bits per heavy atom. The second-order valence-corrected chi connectivity index (χ2v) is 16.7.